The zero-order valence-corrected chi connectivity index (χ0v) is 13.6. The van der Waals surface area contributed by atoms with Crippen LogP contribution in [0.2, 0.25) is 0 Å². The van der Waals surface area contributed by atoms with Gasteiger partial charge in [-0.05, 0) is 23.3 Å². The number of nitrogens with one attached hydrogen (secondary N) is 1. The van der Waals surface area contributed by atoms with E-state index >= 15 is 0 Å². The quantitative estimate of drug-likeness (QED) is 0.865. The molecule has 1 saturated heterocycles. The van der Waals surface area contributed by atoms with Crippen LogP contribution in [0.25, 0.3) is 0 Å². The van der Waals surface area contributed by atoms with E-state index in [-0.39, 0.29) is 6.10 Å². The number of hydrogen-bond donors (Lipinski definition) is 1. The Balaban J connectivity index is 1.86. The van der Waals surface area contributed by atoms with Gasteiger partial charge in [-0.25, -0.2) is 0 Å². The van der Waals surface area contributed by atoms with E-state index in [1.54, 1.807) is 0 Å². The molecule has 2 aromatic rings. The highest BCUT2D eigenvalue weighted by molar-refractivity contribution is 7.80. The molecule has 2 aromatic carbocycles. The molecule has 2 nitrogen and oxygen atoms in total. The summed E-state index contributed by atoms with van der Waals surface area (Å²) in [5, 5.41) is 4.25. The summed E-state index contributed by atoms with van der Waals surface area (Å²) in [5.74, 6) is 0.335. The Morgan fingerprint density at radius 3 is 2.09 bits per heavy atom. The van der Waals surface area contributed by atoms with E-state index < -0.39 is 0 Å². The standard InChI is InChI=1S/C19H21NOS/c1-14(22)21-17-12-18(20-13-17)19(15-8-4-2-5-9-15)16-10-6-3-7-11-16/h2-11,17-20H,12-13H2,1H3. The Kier molecular flexibility index (Phi) is 4.86. The van der Waals surface area contributed by atoms with Crippen LogP contribution in [0.4, 0.5) is 0 Å². The van der Waals surface area contributed by atoms with Crippen molar-refractivity contribution in [3.8, 4) is 0 Å². The highest BCUT2D eigenvalue weighted by atomic mass is 32.1. The maximum atomic E-state index is 5.73. The molecule has 0 bridgehead atoms. The highest BCUT2D eigenvalue weighted by Gasteiger charge is 2.33. The molecule has 3 rings (SSSR count). The fraction of sp³-hybridized carbons (Fsp3) is 0.316. The largest absolute Gasteiger partial charge is 0.483 e. The lowest BCUT2D eigenvalue weighted by atomic mass is 9.84. The molecule has 114 valence electrons. The van der Waals surface area contributed by atoms with Gasteiger partial charge in [-0.15, -0.1) is 0 Å². The van der Waals surface area contributed by atoms with Gasteiger partial charge < -0.3 is 10.1 Å². The summed E-state index contributed by atoms with van der Waals surface area (Å²) >= 11 is 5.07. The smallest absolute Gasteiger partial charge is 0.157 e. The van der Waals surface area contributed by atoms with Crippen LogP contribution in [0.1, 0.15) is 30.4 Å². The minimum absolute atomic E-state index is 0.178. The van der Waals surface area contributed by atoms with E-state index in [1.807, 2.05) is 6.92 Å². The van der Waals surface area contributed by atoms with E-state index in [2.05, 4.69) is 66.0 Å². The number of ether oxygens (including phenoxy) is 1. The first-order valence-electron chi connectivity index (χ1n) is 7.74. The zero-order valence-electron chi connectivity index (χ0n) is 12.7. The van der Waals surface area contributed by atoms with Gasteiger partial charge in [-0.1, -0.05) is 60.7 Å². The fourth-order valence-corrected chi connectivity index (χ4v) is 3.43. The summed E-state index contributed by atoms with van der Waals surface area (Å²) in [6.07, 6.45) is 1.15. The molecule has 0 amide bonds. The molecule has 2 unspecified atom stereocenters. The minimum atomic E-state index is 0.178. The van der Waals surface area contributed by atoms with Crippen LogP contribution in [-0.2, 0) is 4.74 Å². The number of rotatable bonds is 4. The highest BCUT2D eigenvalue weighted by Crippen LogP contribution is 2.32. The zero-order chi connectivity index (χ0) is 15.4. The molecule has 1 N–H and O–H groups in total. The first kappa shape index (κ1) is 15.2. The molecule has 22 heavy (non-hydrogen) atoms. The van der Waals surface area contributed by atoms with Crippen molar-refractivity contribution < 1.29 is 4.74 Å². The van der Waals surface area contributed by atoms with Crippen molar-refractivity contribution in [3.05, 3.63) is 71.8 Å². The van der Waals surface area contributed by atoms with Crippen LogP contribution >= 0.6 is 12.2 Å². The number of thiocarbonyl (C=S) groups is 1. The maximum Gasteiger partial charge on any atom is 0.157 e. The summed E-state index contributed by atoms with van der Waals surface area (Å²) in [4.78, 5) is 0. The predicted molar refractivity (Wildman–Crippen MR) is 94.3 cm³/mol. The van der Waals surface area contributed by atoms with E-state index in [0.717, 1.165) is 13.0 Å². The molecule has 0 radical (unpaired) electrons. The second-order valence-corrected chi connectivity index (χ2v) is 6.36. The van der Waals surface area contributed by atoms with Crippen molar-refractivity contribution in [1.82, 2.24) is 5.32 Å². The molecular weight excluding hydrogens is 290 g/mol. The Bertz CT molecular complexity index is 574. The van der Waals surface area contributed by atoms with Gasteiger partial charge in [0.05, 0.1) is 0 Å². The lowest BCUT2D eigenvalue weighted by Crippen LogP contribution is -2.29. The Labute approximate surface area is 137 Å². The van der Waals surface area contributed by atoms with Gasteiger partial charge in [0, 0.05) is 31.8 Å². The van der Waals surface area contributed by atoms with Crippen molar-refractivity contribution in [1.29, 1.82) is 0 Å². The van der Waals surface area contributed by atoms with Crippen molar-refractivity contribution in [3.63, 3.8) is 0 Å². The summed E-state index contributed by atoms with van der Waals surface area (Å²) < 4.78 is 5.73. The van der Waals surface area contributed by atoms with Gasteiger partial charge in [0.2, 0.25) is 0 Å². The summed E-state index contributed by atoms with van der Waals surface area (Å²) in [6.45, 7) is 2.70. The monoisotopic (exact) mass is 311 g/mol. The minimum Gasteiger partial charge on any atom is -0.483 e. The van der Waals surface area contributed by atoms with E-state index in [9.17, 15) is 0 Å². The third-order valence-corrected chi connectivity index (χ3v) is 4.27. The van der Waals surface area contributed by atoms with Gasteiger partial charge in [0.15, 0.2) is 5.05 Å². The van der Waals surface area contributed by atoms with Gasteiger partial charge in [-0.2, -0.15) is 0 Å². The summed E-state index contributed by atoms with van der Waals surface area (Å²) in [5.41, 5.74) is 2.68. The normalized spacial score (nSPS) is 21.0. The topological polar surface area (TPSA) is 21.3 Å². The Morgan fingerprint density at radius 2 is 1.59 bits per heavy atom. The molecule has 0 spiro atoms. The van der Waals surface area contributed by atoms with Gasteiger partial charge in [-0.3, -0.25) is 0 Å². The molecule has 1 fully saturated rings. The first-order valence-corrected chi connectivity index (χ1v) is 8.15. The molecule has 1 aliphatic rings. The van der Waals surface area contributed by atoms with Crippen molar-refractivity contribution in [2.75, 3.05) is 6.54 Å². The molecule has 1 aliphatic heterocycles. The lowest BCUT2D eigenvalue weighted by molar-refractivity contribution is 0.210. The van der Waals surface area contributed by atoms with E-state index in [1.165, 1.54) is 11.1 Å². The summed E-state index contributed by atoms with van der Waals surface area (Å²) in [7, 11) is 0. The molecular formula is C19H21NOS. The van der Waals surface area contributed by atoms with Gasteiger partial charge in [0.25, 0.3) is 0 Å². The van der Waals surface area contributed by atoms with Gasteiger partial charge >= 0.3 is 0 Å². The molecule has 0 aromatic heterocycles. The van der Waals surface area contributed by atoms with Crippen LogP contribution in [0.15, 0.2) is 60.7 Å². The average Bonchev–Trinajstić information content (AvgIpc) is 2.97. The molecule has 2 atom stereocenters. The van der Waals surface area contributed by atoms with Crippen LogP contribution in [0.5, 0.6) is 0 Å². The van der Waals surface area contributed by atoms with Crippen molar-refractivity contribution >= 4 is 17.3 Å². The molecule has 0 saturated carbocycles. The predicted octanol–water partition coefficient (Wildman–Crippen LogP) is 3.91. The lowest BCUT2D eigenvalue weighted by Gasteiger charge is -2.25. The third-order valence-electron chi connectivity index (χ3n) is 4.18. The molecule has 3 heteroatoms. The van der Waals surface area contributed by atoms with Crippen LogP contribution in [0, 0.1) is 0 Å². The number of benzene rings is 2. The van der Waals surface area contributed by atoms with Crippen LogP contribution < -0.4 is 5.32 Å². The third kappa shape index (κ3) is 3.54. The SMILES string of the molecule is CC(=S)OC1CNC(C(c2ccccc2)c2ccccc2)C1. The van der Waals surface area contributed by atoms with Gasteiger partial charge in [0.1, 0.15) is 6.10 Å². The first-order chi connectivity index (χ1) is 10.7. The summed E-state index contributed by atoms with van der Waals surface area (Å²) in [6, 6.07) is 21.7. The van der Waals surface area contributed by atoms with E-state index in [4.69, 9.17) is 17.0 Å². The number of hydrogen-bond acceptors (Lipinski definition) is 3. The second-order valence-electron chi connectivity index (χ2n) is 5.78. The maximum absolute atomic E-state index is 5.73. The molecule has 0 aliphatic carbocycles. The second kappa shape index (κ2) is 7.03. The Hall–Kier alpha value is -1.71. The van der Waals surface area contributed by atoms with Crippen molar-refractivity contribution in [2.24, 2.45) is 0 Å². The molecule has 1 heterocycles. The van der Waals surface area contributed by atoms with Crippen LogP contribution in [-0.4, -0.2) is 23.7 Å². The average molecular weight is 311 g/mol. The van der Waals surface area contributed by atoms with Crippen LogP contribution in [0.3, 0.4) is 0 Å². The van der Waals surface area contributed by atoms with E-state index in [0.29, 0.717) is 17.0 Å². The van der Waals surface area contributed by atoms with Crippen molar-refractivity contribution in [2.45, 2.75) is 31.4 Å². The fourth-order valence-electron chi connectivity index (χ4n) is 3.29. The Morgan fingerprint density at radius 1 is 1.05 bits per heavy atom.